The number of anilines is 1. The third-order valence-electron chi connectivity index (χ3n) is 3.48. The lowest BCUT2D eigenvalue weighted by Crippen LogP contribution is -2.29. The summed E-state index contributed by atoms with van der Waals surface area (Å²) in [6.45, 7) is 0.836. The molecule has 0 saturated heterocycles. The molecule has 0 fully saturated rings. The van der Waals surface area contributed by atoms with Crippen LogP contribution in [0, 0.1) is 5.92 Å². The highest BCUT2D eigenvalue weighted by Gasteiger charge is 2.24. The van der Waals surface area contributed by atoms with Gasteiger partial charge in [-0.1, -0.05) is 0 Å². The highest BCUT2D eigenvalue weighted by Crippen LogP contribution is 2.22. The van der Waals surface area contributed by atoms with E-state index >= 15 is 0 Å². The van der Waals surface area contributed by atoms with Gasteiger partial charge in [0.05, 0.1) is 6.33 Å². The van der Waals surface area contributed by atoms with E-state index in [0.29, 0.717) is 5.69 Å². The SMILES string of the molecule is O=C(Nc1ccc(O)cc1)C1CCn2cncc2C1. The Bertz CT molecular complexity index is 589. The number of aromatic nitrogens is 2. The van der Waals surface area contributed by atoms with Gasteiger partial charge in [0, 0.05) is 36.5 Å². The first-order valence-electron chi connectivity index (χ1n) is 6.31. The fourth-order valence-electron chi connectivity index (χ4n) is 2.38. The van der Waals surface area contributed by atoms with Crippen molar-refractivity contribution in [1.82, 2.24) is 9.55 Å². The van der Waals surface area contributed by atoms with Crippen LogP contribution in [0.15, 0.2) is 36.8 Å². The van der Waals surface area contributed by atoms with Gasteiger partial charge in [0.1, 0.15) is 5.75 Å². The van der Waals surface area contributed by atoms with E-state index < -0.39 is 0 Å². The van der Waals surface area contributed by atoms with E-state index in [4.69, 9.17) is 0 Å². The molecule has 0 bridgehead atoms. The average Bonchev–Trinajstić information content (AvgIpc) is 2.88. The predicted octanol–water partition coefficient (Wildman–Crippen LogP) is 1.79. The summed E-state index contributed by atoms with van der Waals surface area (Å²) >= 11 is 0. The molecule has 1 aliphatic rings. The molecule has 1 aromatic heterocycles. The van der Waals surface area contributed by atoms with Crippen molar-refractivity contribution in [3.8, 4) is 5.75 Å². The number of rotatable bonds is 2. The number of aromatic hydroxyl groups is 1. The molecule has 2 N–H and O–H groups in total. The van der Waals surface area contributed by atoms with Crippen LogP contribution in [0.3, 0.4) is 0 Å². The first-order chi connectivity index (χ1) is 9.22. The average molecular weight is 257 g/mol. The van der Waals surface area contributed by atoms with Gasteiger partial charge in [-0.05, 0) is 30.7 Å². The van der Waals surface area contributed by atoms with Crippen molar-refractivity contribution < 1.29 is 9.90 Å². The monoisotopic (exact) mass is 257 g/mol. The molecule has 0 radical (unpaired) electrons. The Kier molecular flexibility index (Phi) is 2.95. The van der Waals surface area contributed by atoms with E-state index in [9.17, 15) is 9.90 Å². The van der Waals surface area contributed by atoms with E-state index in [2.05, 4.69) is 14.9 Å². The van der Waals surface area contributed by atoms with Gasteiger partial charge in [-0.25, -0.2) is 4.98 Å². The number of nitrogens with one attached hydrogen (secondary N) is 1. The van der Waals surface area contributed by atoms with Crippen molar-refractivity contribution in [3.05, 3.63) is 42.5 Å². The summed E-state index contributed by atoms with van der Waals surface area (Å²) in [5.74, 6) is 0.204. The molecule has 1 amide bonds. The number of aryl methyl sites for hydroxylation is 1. The summed E-state index contributed by atoms with van der Waals surface area (Å²) < 4.78 is 2.09. The number of imidazole rings is 1. The number of hydrogen-bond acceptors (Lipinski definition) is 3. The predicted molar refractivity (Wildman–Crippen MR) is 70.8 cm³/mol. The van der Waals surface area contributed by atoms with Crippen molar-refractivity contribution >= 4 is 11.6 Å². The summed E-state index contributed by atoms with van der Waals surface area (Å²) in [4.78, 5) is 16.3. The summed E-state index contributed by atoms with van der Waals surface area (Å²) in [5, 5.41) is 12.1. The van der Waals surface area contributed by atoms with Crippen molar-refractivity contribution in [2.75, 3.05) is 5.32 Å². The van der Waals surface area contributed by atoms with Gasteiger partial charge in [0.2, 0.25) is 5.91 Å². The molecular weight excluding hydrogens is 242 g/mol. The van der Waals surface area contributed by atoms with Crippen LogP contribution in [-0.2, 0) is 17.8 Å². The summed E-state index contributed by atoms with van der Waals surface area (Å²) in [6.07, 6.45) is 5.18. The molecule has 1 unspecified atom stereocenters. The lowest BCUT2D eigenvalue weighted by atomic mass is 9.95. The van der Waals surface area contributed by atoms with Gasteiger partial charge < -0.3 is 15.0 Å². The molecule has 0 saturated carbocycles. The van der Waals surface area contributed by atoms with Gasteiger partial charge in [-0.3, -0.25) is 4.79 Å². The van der Waals surface area contributed by atoms with E-state index in [-0.39, 0.29) is 17.6 Å². The molecule has 19 heavy (non-hydrogen) atoms. The largest absolute Gasteiger partial charge is 0.508 e. The van der Waals surface area contributed by atoms with Gasteiger partial charge in [-0.2, -0.15) is 0 Å². The van der Waals surface area contributed by atoms with Crippen LogP contribution in [-0.4, -0.2) is 20.6 Å². The second-order valence-electron chi connectivity index (χ2n) is 4.80. The Labute approximate surface area is 110 Å². The van der Waals surface area contributed by atoms with E-state index in [1.165, 1.54) is 0 Å². The van der Waals surface area contributed by atoms with E-state index in [1.54, 1.807) is 24.3 Å². The van der Waals surface area contributed by atoms with Crippen molar-refractivity contribution in [2.45, 2.75) is 19.4 Å². The third kappa shape index (κ3) is 2.45. The number of hydrogen-bond donors (Lipinski definition) is 2. The van der Waals surface area contributed by atoms with Gasteiger partial charge in [0.15, 0.2) is 0 Å². The molecule has 5 heteroatoms. The highest BCUT2D eigenvalue weighted by atomic mass is 16.3. The first-order valence-corrected chi connectivity index (χ1v) is 6.31. The second-order valence-corrected chi connectivity index (χ2v) is 4.80. The molecule has 2 aromatic rings. The Morgan fingerprint density at radius 2 is 2.16 bits per heavy atom. The maximum atomic E-state index is 12.2. The normalized spacial score (nSPS) is 17.8. The van der Waals surface area contributed by atoms with Crippen molar-refractivity contribution in [3.63, 3.8) is 0 Å². The minimum absolute atomic E-state index is 0.0157. The van der Waals surface area contributed by atoms with Crippen LogP contribution in [0.5, 0.6) is 5.75 Å². The topological polar surface area (TPSA) is 67.2 Å². The van der Waals surface area contributed by atoms with Crippen LogP contribution >= 0.6 is 0 Å². The molecule has 0 spiro atoms. The highest BCUT2D eigenvalue weighted by molar-refractivity contribution is 5.92. The Balaban J connectivity index is 1.67. The summed E-state index contributed by atoms with van der Waals surface area (Å²) in [5.41, 5.74) is 1.82. The minimum Gasteiger partial charge on any atom is -0.508 e. The number of carbonyl (C=O) groups excluding carboxylic acids is 1. The fraction of sp³-hybridized carbons (Fsp3) is 0.286. The number of benzene rings is 1. The van der Waals surface area contributed by atoms with Crippen LogP contribution in [0.2, 0.25) is 0 Å². The molecule has 2 heterocycles. The van der Waals surface area contributed by atoms with Gasteiger partial charge >= 0.3 is 0 Å². The van der Waals surface area contributed by atoms with Gasteiger partial charge in [0.25, 0.3) is 0 Å². The molecule has 5 nitrogen and oxygen atoms in total. The molecular formula is C14H15N3O2. The zero-order valence-electron chi connectivity index (χ0n) is 10.4. The molecule has 3 rings (SSSR count). The van der Waals surface area contributed by atoms with Crippen molar-refractivity contribution in [1.29, 1.82) is 0 Å². The fourth-order valence-corrected chi connectivity index (χ4v) is 2.38. The Hall–Kier alpha value is -2.30. The zero-order valence-corrected chi connectivity index (χ0v) is 10.4. The quantitative estimate of drug-likeness (QED) is 0.806. The van der Waals surface area contributed by atoms with Crippen molar-refractivity contribution in [2.24, 2.45) is 5.92 Å². The molecule has 98 valence electrons. The number of phenols is 1. The smallest absolute Gasteiger partial charge is 0.227 e. The molecule has 1 aliphatic heterocycles. The number of phenolic OH excluding ortho intramolecular Hbond substituents is 1. The number of amides is 1. The zero-order chi connectivity index (χ0) is 13.2. The summed E-state index contributed by atoms with van der Waals surface area (Å²) in [6, 6.07) is 6.51. The second kappa shape index (κ2) is 4.76. The van der Waals surface area contributed by atoms with Crippen LogP contribution in [0.4, 0.5) is 5.69 Å². The minimum atomic E-state index is -0.0157. The van der Waals surface area contributed by atoms with Crippen LogP contribution in [0.25, 0.3) is 0 Å². The third-order valence-corrected chi connectivity index (χ3v) is 3.48. The van der Waals surface area contributed by atoms with Crippen LogP contribution in [0.1, 0.15) is 12.1 Å². The maximum absolute atomic E-state index is 12.2. The maximum Gasteiger partial charge on any atom is 0.227 e. The standard InChI is InChI=1S/C14H15N3O2/c18-13-3-1-11(2-4-13)16-14(19)10-5-6-17-9-15-8-12(17)7-10/h1-4,8-10,18H,5-7H2,(H,16,19). The Morgan fingerprint density at radius 3 is 2.95 bits per heavy atom. The number of carbonyl (C=O) groups is 1. The lowest BCUT2D eigenvalue weighted by molar-refractivity contribution is -0.120. The van der Waals surface area contributed by atoms with E-state index in [1.807, 2.05) is 12.5 Å². The molecule has 1 aromatic carbocycles. The number of nitrogens with zero attached hydrogens (tertiary/aromatic N) is 2. The van der Waals surface area contributed by atoms with Crippen LogP contribution < -0.4 is 5.32 Å². The van der Waals surface area contributed by atoms with Gasteiger partial charge in [-0.15, -0.1) is 0 Å². The lowest BCUT2D eigenvalue weighted by Gasteiger charge is -2.22. The summed E-state index contributed by atoms with van der Waals surface area (Å²) in [7, 11) is 0. The van der Waals surface area contributed by atoms with E-state index in [0.717, 1.165) is 25.1 Å². The number of fused-ring (bicyclic) bond motifs is 1. The molecule has 0 aliphatic carbocycles. The Morgan fingerprint density at radius 1 is 1.37 bits per heavy atom. The molecule has 1 atom stereocenters. The first kappa shape index (κ1) is 11.8.